The van der Waals surface area contributed by atoms with Gasteiger partial charge in [0.2, 0.25) is 15.9 Å². The molecule has 0 unspecified atom stereocenters. The molecule has 0 atom stereocenters. The number of pyridine rings is 1. The zero-order valence-corrected chi connectivity index (χ0v) is 14.6. The van der Waals surface area contributed by atoms with Crippen molar-refractivity contribution in [2.24, 2.45) is 5.92 Å². The third-order valence-electron chi connectivity index (χ3n) is 4.14. The van der Waals surface area contributed by atoms with Crippen LogP contribution in [0.4, 0.5) is 5.82 Å². The third kappa shape index (κ3) is 5.00. The summed E-state index contributed by atoms with van der Waals surface area (Å²) in [4.78, 5) is 16.4. The highest BCUT2D eigenvalue weighted by Gasteiger charge is 2.30. The highest BCUT2D eigenvalue weighted by Crippen LogP contribution is 2.21. The smallest absolute Gasteiger partial charge is 0.228 e. The lowest BCUT2D eigenvalue weighted by Gasteiger charge is -2.30. The van der Waals surface area contributed by atoms with Crippen molar-refractivity contribution in [3.63, 3.8) is 0 Å². The topological polar surface area (TPSA) is 79.4 Å². The predicted octanol–water partition coefficient (Wildman–Crippen LogP) is 2.17. The van der Waals surface area contributed by atoms with Gasteiger partial charge >= 0.3 is 0 Å². The Morgan fingerprint density at radius 1 is 1.35 bits per heavy atom. The highest BCUT2D eigenvalue weighted by atomic mass is 32.2. The summed E-state index contributed by atoms with van der Waals surface area (Å²) < 4.78 is 25.8. The summed E-state index contributed by atoms with van der Waals surface area (Å²) >= 11 is 0. The summed E-state index contributed by atoms with van der Waals surface area (Å²) in [5.41, 5.74) is 1.04. The fourth-order valence-corrected chi connectivity index (χ4v) is 4.30. The molecule has 0 bridgehead atoms. The summed E-state index contributed by atoms with van der Waals surface area (Å²) in [6.07, 6.45) is 4.37. The first-order chi connectivity index (χ1) is 10.9. The van der Waals surface area contributed by atoms with Gasteiger partial charge in [-0.1, -0.05) is 19.4 Å². The number of hydrogen-bond donors (Lipinski definition) is 1. The zero-order chi connectivity index (χ0) is 16.9. The average molecular weight is 339 g/mol. The van der Waals surface area contributed by atoms with E-state index >= 15 is 0 Å². The van der Waals surface area contributed by atoms with Crippen LogP contribution >= 0.6 is 0 Å². The molecular formula is C16H25N3O3S. The van der Waals surface area contributed by atoms with E-state index in [1.54, 1.807) is 12.3 Å². The molecule has 0 aliphatic carbocycles. The van der Waals surface area contributed by atoms with E-state index in [0.717, 1.165) is 12.0 Å². The fraction of sp³-hybridized carbons (Fsp3) is 0.625. The summed E-state index contributed by atoms with van der Waals surface area (Å²) in [5.74, 6) is 0.509. The number of carbonyl (C=O) groups excluding carboxylic acids is 1. The van der Waals surface area contributed by atoms with E-state index in [-0.39, 0.29) is 17.6 Å². The van der Waals surface area contributed by atoms with Crippen molar-refractivity contribution in [2.45, 2.75) is 39.5 Å². The SMILES string of the molecule is CCCCS(=O)(=O)N1CCC(C(=O)Nc2ccc(C)cn2)CC1. The molecule has 1 aliphatic heterocycles. The second-order valence-electron chi connectivity index (χ2n) is 6.05. The van der Waals surface area contributed by atoms with Crippen LogP contribution in [0.15, 0.2) is 18.3 Å². The minimum Gasteiger partial charge on any atom is -0.310 e. The minimum atomic E-state index is -3.17. The molecule has 1 aromatic rings. The van der Waals surface area contributed by atoms with Crippen LogP contribution in [0.25, 0.3) is 0 Å². The molecule has 23 heavy (non-hydrogen) atoms. The number of rotatable bonds is 6. The van der Waals surface area contributed by atoms with Gasteiger partial charge in [0.15, 0.2) is 0 Å². The summed E-state index contributed by atoms with van der Waals surface area (Å²) in [6.45, 7) is 4.76. The van der Waals surface area contributed by atoms with Gasteiger partial charge in [-0.25, -0.2) is 17.7 Å². The van der Waals surface area contributed by atoms with Crippen LogP contribution in [-0.2, 0) is 14.8 Å². The molecule has 0 aromatic carbocycles. The lowest BCUT2D eigenvalue weighted by atomic mass is 9.97. The maximum Gasteiger partial charge on any atom is 0.228 e. The number of carbonyl (C=O) groups is 1. The largest absolute Gasteiger partial charge is 0.310 e. The van der Waals surface area contributed by atoms with E-state index in [1.807, 2.05) is 19.9 Å². The molecule has 2 heterocycles. The van der Waals surface area contributed by atoms with Gasteiger partial charge < -0.3 is 5.32 Å². The molecule has 0 radical (unpaired) electrons. The van der Waals surface area contributed by atoms with E-state index in [9.17, 15) is 13.2 Å². The normalized spacial score (nSPS) is 17.1. The molecule has 2 rings (SSSR count). The number of anilines is 1. The van der Waals surface area contributed by atoms with Crippen LogP contribution in [0.2, 0.25) is 0 Å². The van der Waals surface area contributed by atoms with Crippen molar-refractivity contribution in [1.82, 2.24) is 9.29 Å². The average Bonchev–Trinajstić information content (AvgIpc) is 2.55. The molecule has 7 heteroatoms. The molecule has 1 saturated heterocycles. The van der Waals surface area contributed by atoms with Crippen LogP contribution in [0.1, 0.15) is 38.2 Å². The molecule has 128 valence electrons. The van der Waals surface area contributed by atoms with E-state index in [0.29, 0.717) is 38.2 Å². The Kier molecular flexibility index (Phi) is 6.12. The van der Waals surface area contributed by atoms with Gasteiger partial charge in [0.05, 0.1) is 5.75 Å². The quantitative estimate of drug-likeness (QED) is 0.861. The number of nitrogens with one attached hydrogen (secondary N) is 1. The summed E-state index contributed by atoms with van der Waals surface area (Å²) in [6, 6.07) is 3.67. The fourth-order valence-electron chi connectivity index (χ4n) is 2.62. The first-order valence-electron chi connectivity index (χ1n) is 8.13. The predicted molar refractivity (Wildman–Crippen MR) is 90.6 cm³/mol. The Morgan fingerprint density at radius 3 is 2.61 bits per heavy atom. The number of sulfonamides is 1. The number of aryl methyl sites for hydroxylation is 1. The van der Waals surface area contributed by atoms with Crippen LogP contribution < -0.4 is 5.32 Å². The van der Waals surface area contributed by atoms with E-state index in [4.69, 9.17) is 0 Å². The molecule has 1 aromatic heterocycles. The molecule has 0 spiro atoms. The summed E-state index contributed by atoms with van der Waals surface area (Å²) in [7, 11) is -3.17. The van der Waals surface area contributed by atoms with Crippen molar-refractivity contribution in [3.05, 3.63) is 23.9 Å². The van der Waals surface area contributed by atoms with E-state index in [2.05, 4.69) is 10.3 Å². The molecule has 1 amide bonds. The minimum absolute atomic E-state index is 0.0769. The zero-order valence-electron chi connectivity index (χ0n) is 13.8. The van der Waals surface area contributed by atoms with Gasteiger partial charge in [-0.3, -0.25) is 4.79 Å². The number of amides is 1. The number of unbranched alkanes of at least 4 members (excludes halogenated alkanes) is 1. The van der Waals surface area contributed by atoms with Gasteiger partial charge in [-0.05, 0) is 37.8 Å². The van der Waals surface area contributed by atoms with E-state index in [1.165, 1.54) is 4.31 Å². The second-order valence-corrected chi connectivity index (χ2v) is 8.14. The standard InChI is InChI=1S/C16H25N3O3S/c1-3-4-11-23(21,22)19-9-7-14(8-10-19)16(20)18-15-6-5-13(2)12-17-15/h5-6,12,14H,3-4,7-11H2,1-2H3,(H,17,18,20). The Bertz CT molecular complexity index is 620. The van der Waals surface area contributed by atoms with Gasteiger partial charge in [-0.2, -0.15) is 0 Å². The van der Waals surface area contributed by atoms with Crippen molar-refractivity contribution in [2.75, 3.05) is 24.2 Å². The number of hydrogen-bond acceptors (Lipinski definition) is 4. The van der Waals surface area contributed by atoms with E-state index < -0.39 is 10.0 Å². The highest BCUT2D eigenvalue weighted by molar-refractivity contribution is 7.89. The van der Waals surface area contributed by atoms with Crippen LogP contribution in [0.3, 0.4) is 0 Å². The van der Waals surface area contributed by atoms with Gasteiger partial charge in [0.1, 0.15) is 5.82 Å². The van der Waals surface area contributed by atoms with Crippen LogP contribution in [0, 0.1) is 12.8 Å². The first kappa shape index (κ1) is 17.9. The maximum absolute atomic E-state index is 12.3. The number of nitrogens with zero attached hydrogens (tertiary/aromatic N) is 2. The number of piperidine rings is 1. The maximum atomic E-state index is 12.3. The Labute approximate surface area is 138 Å². The number of aromatic nitrogens is 1. The van der Waals surface area contributed by atoms with Crippen LogP contribution in [0.5, 0.6) is 0 Å². The summed E-state index contributed by atoms with van der Waals surface area (Å²) in [5, 5.41) is 2.81. The Balaban J connectivity index is 1.86. The molecule has 1 fully saturated rings. The molecular weight excluding hydrogens is 314 g/mol. The monoisotopic (exact) mass is 339 g/mol. The van der Waals surface area contributed by atoms with Crippen molar-refractivity contribution >= 4 is 21.7 Å². The van der Waals surface area contributed by atoms with Crippen molar-refractivity contribution < 1.29 is 13.2 Å². The molecule has 0 saturated carbocycles. The lowest BCUT2D eigenvalue weighted by Crippen LogP contribution is -2.42. The first-order valence-corrected chi connectivity index (χ1v) is 9.74. The van der Waals surface area contributed by atoms with Crippen LogP contribution in [-0.4, -0.2) is 42.5 Å². The molecule has 6 nitrogen and oxygen atoms in total. The van der Waals surface area contributed by atoms with Crippen molar-refractivity contribution in [3.8, 4) is 0 Å². The second kappa shape index (κ2) is 7.88. The third-order valence-corrected chi connectivity index (χ3v) is 6.09. The van der Waals surface area contributed by atoms with Gasteiger partial charge in [-0.15, -0.1) is 0 Å². The van der Waals surface area contributed by atoms with Gasteiger partial charge in [0.25, 0.3) is 0 Å². The molecule has 1 aliphatic rings. The Morgan fingerprint density at radius 2 is 2.04 bits per heavy atom. The molecule has 1 N–H and O–H groups in total. The Hall–Kier alpha value is -1.47. The van der Waals surface area contributed by atoms with Crippen molar-refractivity contribution in [1.29, 1.82) is 0 Å². The van der Waals surface area contributed by atoms with Gasteiger partial charge in [0, 0.05) is 25.2 Å². The lowest BCUT2D eigenvalue weighted by molar-refractivity contribution is -0.120.